The van der Waals surface area contributed by atoms with Gasteiger partial charge in [-0.2, -0.15) is 0 Å². The van der Waals surface area contributed by atoms with Gasteiger partial charge >= 0.3 is 0 Å². The van der Waals surface area contributed by atoms with Crippen molar-refractivity contribution in [2.45, 2.75) is 20.3 Å². The van der Waals surface area contributed by atoms with Crippen LogP contribution in [0.1, 0.15) is 25.8 Å². The van der Waals surface area contributed by atoms with Crippen LogP contribution < -0.4 is 10.5 Å². The van der Waals surface area contributed by atoms with Gasteiger partial charge in [0.2, 0.25) is 0 Å². The molecule has 1 aromatic rings. The van der Waals surface area contributed by atoms with Gasteiger partial charge in [0.05, 0.1) is 7.11 Å². The van der Waals surface area contributed by atoms with Crippen molar-refractivity contribution in [3.05, 3.63) is 29.8 Å². The summed E-state index contributed by atoms with van der Waals surface area (Å²) >= 11 is 0. The molecule has 0 saturated heterocycles. The first-order valence-electron chi connectivity index (χ1n) is 4.64. The monoisotopic (exact) mass is 191 g/mol. The van der Waals surface area contributed by atoms with E-state index in [1.807, 2.05) is 24.3 Å². The minimum absolute atomic E-state index is 0.826. The number of ether oxygens (including phenoxy) is 1. The minimum Gasteiger partial charge on any atom is -0.497 e. The number of nitrogens with two attached hydrogens (primary N) is 1. The Morgan fingerprint density at radius 3 is 2.07 bits per heavy atom. The molecule has 0 saturated carbocycles. The van der Waals surface area contributed by atoms with Gasteiger partial charge in [-0.1, -0.05) is 20.3 Å². The maximum absolute atomic E-state index is 5.04. The Morgan fingerprint density at radius 2 is 1.71 bits per heavy atom. The fraction of sp³-hybridized carbons (Fsp3) is 0.333. The van der Waals surface area contributed by atoms with E-state index in [0.717, 1.165) is 11.3 Å². The average Bonchev–Trinajstić information content (AvgIpc) is 2.21. The van der Waals surface area contributed by atoms with Gasteiger partial charge in [-0.25, -0.2) is 0 Å². The normalized spacial score (nSPS) is 7.64. The highest BCUT2D eigenvalue weighted by atomic mass is 16.5. The molecule has 0 heterocycles. The maximum Gasteiger partial charge on any atom is 0.118 e. The van der Waals surface area contributed by atoms with E-state index in [4.69, 9.17) is 10.5 Å². The third kappa shape index (κ3) is 5.10. The lowest BCUT2D eigenvalue weighted by molar-refractivity contribution is 0.415. The first-order chi connectivity index (χ1) is 6.78. The van der Waals surface area contributed by atoms with E-state index < -0.39 is 0 Å². The van der Waals surface area contributed by atoms with Gasteiger partial charge in [0.1, 0.15) is 5.75 Å². The molecule has 0 spiro atoms. The Bertz CT molecular complexity index is 292. The topological polar surface area (TPSA) is 35.2 Å². The molecule has 2 heteroatoms. The van der Waals surface area contributed by atoms with Crippen LogP contribution in [0.3, 0.4) is 0 Å². The van der Waals surface area contributed by atoms with Crippen molar-refractivity contribution in [1.29, 1.82) is 0 Å². The molecule has 2 nitrogen and oxygen atoms in total. The van der Waals surface area contributed by atoms with Crippen LogP contribution in [0, 0.1) is 12.0 Å². The Kier molecular flexibility index (Phi) is 7.07. The molecule has 0 unspecified atom stereocenters. The number of benzene rings is 1. The van der Waals surface area contributed by atoms with Crippen molar-refractivity contribution in [2.75, 3.05) is 7.11 Å². The fourth-order valence-electron chi connectivity index (χ4n) is 0.758. The van der Waals surface area contributed by atoms with Crippen LogP contribution >= 0.6 is 0 Å². The molecule has 0 atom stereocenters. The van der Waals surface area contributed by atoms with E-state index in [9.17, 15) is 0 Å². The third-order valence-electron chi connectivity index (χ3n) is 1.31. The molecule has 14 heavy (non-hydrogen) atoms. The molecule has 0 aliphatic rings. The predicted molar refractivity (Wildman–Crippen MR) is 60.0 cm³/mol. The van der Waals surface area contributed by atoms with E-state index in [0.29, 0.717) is 0 Å². The van der Waals surface area contributed by atoms with Crippen molar-refractivity contribution in [2.24, 2.45) is 5.73 Å². The highest BCUT2D eigenvalue weighted by Crippen LogP contribution is 2.09. The van der Waals surface area contributed by atoms with Crippen LogP contribution in [-0.4, -0.2) is 7.11 Å². The summed E-state index contributed by atoms with van der Waals surface area (Å²) in [5, 5.41) is 0. The second-order valence-electron chi connectivity index (χ2n) is 2.70. The number of hydrogen-bond acceptors (Lipinski definition) is 2. The first kappa shape index (κ1) is 12.4. The van der Waals surface area contributed by atoms with Crippen LogP contribution in [0.15, 0.2) is 24.3 Å². The van der Waals surface area contributed by atoms with E-state index in [2.05, 4.69) is 25.8 Å². The molecule has 0 radical (unpaired) electrons. The quantitative estimate of drug-likeness (QED) is 0.546. The molecule has 0 bridgehead atoms. The zero-order valence-corrected chi connectivity index (χ0v) is 9.00. The van der Waals surface area contributed by atoms with Gasteiger partial charge < -0.3 is 10.5 Å². The highest BCUT2D eigenvalue weighted by Gasteiger charge is 1.88. The van der Waals surface area contributed by atoms with Gasteiger partial charge in [-0.15, -0.1) is 0 Å². The molecule has 0 fully saturated rings. The summed E-state index contributed by atoms with van der Waals surface area (Å²) in [5.41, 5.74) is 5.94. The summed E-state index contributed by atoms with van der Waals surface area (Å²) in [7, 11) is 1.63. The lowest BCUT2D eigenvalue weighted by Crippen LogP contribution is -1.83. The van der Waals surface area contributed by atoms with E-state index >= 15 is 0 Å². The summed E-state index contributed by atoms with van der Waals surface area (Å²) in [6, 6.07) is 9.74. The first-order valence-corrected chi connectivity index (χ1v) is 4.64. The Balaban J connectivity index is 0.000000500. The molecule has 1 rings (SSSR count). The summed E-state index contributed by atoms with van der Waals surface area (Å²) in [6.07, 6.45) is 1.25. The van der Waals surface area contributed by atoms with E-state index in [1.54, 1.807) is 7.11 Å². The lowest BCUT2D eigenvalue weighted by Gasteiger charge is -1.96. The van der Waals surface area contributed by atoms with Gasteiger partial charge in [0.15, 0.2) is 0 Å². The van der Waals surface area contributed by atoms with Crippen molar-refractivity contribution in [1.82, 2.24) is 0 Å². The number of rotatable bonds is 1. The summed E-state index contributed by atoms with van der Waals surface area (Å²) < 4.78 is 4.97. The maximum atomic E-state index is 5.04. The molecule has 1 aromatic carbocycles. The van der Waals surface area contributed by atoms with Crippen LogP contribution in [-0.2, 0) is 0 Å². The van der Waals surface area contributed by atoms with Gasteiger partial charge in [0.25, 0.3) is 0 Å². The SMILES string of the molecule is CCC.COc1ccc(C#CN)cc1. The summed E-state index contributed by atoms with van der Waals surface area (Å²) in [5.74, 6) is 3.56. The molecular formula is C12H17NO. The van der Waals surface area contributed by atoms with Crippen molar-refractivity contribution in [3.8, 4) is 17.7 Å². The molecule has 0 aliphatic heterocycles. The lowest BCUT2D eigenvalue weighted by atomic mass is 10.2. The van der Waals surface area contributed by atoms with Gasteiger partial charge in [-0.3, -0.25) is 0 Å². The van der Waals surface area contributed by atoms with Crippen LogP contribution in [0.4, 0.5) is 0 Å². The standard InChI is InChI=1S/C9H9NO.C3H8/c1-11-9-4-2-8(3-5-9)6-7-10;1-3-2/h2-5H,10H2,1H3;3H2,1-2H3. The summed E-state index contributed by atoms with van der Waals surface area (Å²) in [4.78, 5) is 0. The van der Waals surface area contributed by atoms with Crippen molar-refractivity contribution in [3.63, 3.8) is 0 Å². The number of methoxy groups -OCH3 is 1. The van der Waals surface area contributed by atoms with Crippen molar-refractivity contribution < 1.29 is 4.74 Å². The average molecular weight is 191 g/mol. The Labute approximate surface area is 86.1 Å². The van der Waals surface area contributed by atoms with E-state index in [-0.39, 0.29) is 0 Å². The smallest absolute Gasteiger partial charge is 0.118 e. The summed E-state index contributed by atoms with van der Waals surface area (Å²) in [6.45, 7) is 4.25. The highest BCUT2D eigenvalue weighted by molar-refractivity contribution is 5.37. The minimum atomic E-state index is 0.826. The molecule has 0 amide bonds. The fourth-order valence-corrected chi connectivity index (χ4v) is 0.758. The van der Waals surface area contributed by atoms with Crippen LogP contribution in [0.25, 0.3) is 0 Å². The zero-order valence-electron chi connectivity index (χ0n) is 9.00. The molecule has 76 valence electrons. The molecule has 0 aliphatic carbocycles. The zero-order chi connectivity index (χ0) is 10.8. The van der Waals surface area contributed by atoms with Gasteiger partial charge in [-0.05, 0) is 30.2 Å². The van der Waals surface area contributed by atoms with Crippen LogP contribution in [0.2, 0.25) is 0 Å². The number of hydrogen-bond donors (Lipinski definition) is 1. The van der Waals surface area contributed by atoms with Crippen molar-refractivity contribution >= 4 is 0 Å². The molecule has 0 aromatic heterocycles. The third-order valence-corrected chi connectivity index (χ3v) is 1.31. The Morgan fingerprint density at radius 1 is 1.21 bits per heavy atom. The van der Waals surface area contributed by atoms with E-state index in [1.165, 1.54) is 6.42 Å². The second kappa shape index (κ2) is 8.00. The molecular weight excluding hydrogens is 174 g/mol. The predicted octanol–water partition coefficient (Wildman–Crippen LogP) is 2.38. The second-order valence-corrected chi connectivity index (χ2v) is 2.70. The Hall–Kier alpha value is -1.62. The molecule has 2 N–H and O–H groups in total. The van der Waals surface area contributed by atoms with Crippen LogP contribution in [0.5, 0.6) is 5.75 Å². The van der Waals surface area contributed by atoms with Gasteiger partial charge in [0, 0.05) is 11.6 Å². The largest absolute Gasteiger partial charge is 0.497 e.